The van der Waals surface area contributed by atoms with Gasteiger partial charge in [0.25, 0.3) is 5.91 Å². The average molecular weight is 382 g/mol. The number of urea groups is 1. The molecule has 0 aliphatic rings. The summed E-state index contributed by atoms with van der Waals surface area (Å²) in [6, 6.07) is 14.2. The molecule has 7 heteroatoms. The first kappa shape index (κ1) is 21.0. The van der Waals surface area contributed by atoms with E-state index in [1.54, 1.807) is 38.1 Å². The molecule has 28 heavy (non-hydrogen) atoms. The van der Waals surface area contributed by atoms with Crippen LogP contribution in [0.2, 0.25) is 0 Å². The summed E-state index contributed by atoms with van der Waals surface area (Å²) in [7, 11) is 0. The Labute approximate surface area is 164 Å². The number of hydrogen-bond acceptors (Lipinski definition) is 4. The van der Waals surface area contributed by atoms with Gasteiger partial charge in [-0.25, -0.2) is 4.79 Å². The van der Waals surface area contributed by atoms with Crippen LogP contribution in [0, 0.1) is 6.92 Å². The van der Waals surface area contributed by atoms with Crippen molar-refractivity contribution in [3.63, 3.8) is 0 Å². The summed E-state index contributed by atoms with van der Waals surface area (Å²) in [5, 5.41) is 10.6. The molecule has 0 saturated heterocycles. The van der Waals surface area contributed by atoms with Gasteiger partial charge in [0.2, 0.25) is 5.91 Å². The molecular weight excluding hydrogens is 356 g/mol. The molecule has 0 aliphatic heterocycles. The van der Waals surface area contributed by atoms with Crippen LogP contribution < -0.4 is 21.3 Å². The summed E-state index contributed by atoms with van der Waals surface area (Å²) in [6.07, 6.45) is 0. The van der Waals surface area contributed by atoms with E-state index >= 15 is 0 Å². The summed E-state index contributed by atoms with van der Waals surface area (Å²) in [6.45, 7) is 5.88. The van der Waals surface area contributed by atoms with Crippen molar-refractivity contribution in [3.05, 3.63) is 65.2 Å². The van der Waals surface area contributed by atoms with Crippen LogP contribution in [-0.2, 0) is 11.3 Å². The molecule has 0 spiro atoms. The van der Waals surface area contributed by atoms with E-state index in [0.29, 0.717) is 17.8 Å². The highest BCUT2D eigenvalue weighted by molar-refractivity contribution is 6.01. The Morgan fingerprint density at radius 1 is 0.964 bits per heavy atom. The smallest absolute Gasteiger partial charge is 0.321 e. The second kappa shape index (κ2) is 10.1. The number of carbonyl (C=O) groups excluding carboxylic acids is 3. The van der Waals surface area contributed by atoms with Gasteiger partial charge in [-0.2, -0.15) is 0 Å². The van der Waals surface area contributed by atoms with Crippen LogP contribution in [0.3, 0.4) is 0 Å². The number of nitrogens with one attached hydrogen (secondary N) is 4. The zero-order chi connectivity index (χ0) is 20.5. The van der Waals surface area contributed by atoms with E-state index in [4.69, 9.17) is 0 Å². The van der Waals surface area contributed by atoms with E-state index in [-0.39, 0.29) is 18.5 Å². The zero-order valence-electron chi connectivity index (χ0n) is 16.3. The molecule has 0 bridgehead atoms. The molecule has 0 fully saturated rings. The van der Waals surface area contributed by atoms with Crippen LogP contribution in [0.5, 0.6) is 0 Å². The van der Waals surface area contributed by atoms with Crippen molar-refractivity contribution in [2.24, 2.45) is 0 Å². The van der Waals surface area contributed by atoms with Crippen molar-refractivity contribution in [1.82, 2.24) is 16.0 Å². The fourth-order valence-corrected chi connectivity index (χ4v) is 2.46. The fraction of sp³-hybridized carbons (Fsp3) is 0.286. The minimum atomic E-state index is -0.550. The highest BCUT2D eigenvalue weighted by Gasteiger charge is 2.13. The third-order valence-electron chi connectivity index (χ3n) is 3.86. The predicted octanol–water partition coefficient (Wildman–Crippen LogP) is 2.57. The number of imide groups is 1. The summed E-state index contributed by atoms with van der Waals surface area (Å²) >= 11 is 0. The third-order valence-corrected chi connectivity index (χ3v) is 3.86. The lowest BCUT2D eigenvalue weighted by atomic mass is 10.1. The molecule has 0 saturated carbocycles. The minimum Gasteiger partial charge on any atom is -0.375 e. The third kappa shape index (κ3) is 6.75. The Kier molecular flexibility index (Phi) is 7.56. The van der Waals surface area contributed by atoms with Gasteiger partial charge in [0, 0.05) is 18.3 Å². The van der Waals surface area contributed by atoms with Gasteiger partial charge in [-0.05, 0) is 38.5 Å². The standard InChI is InChI=1S/C21H26N4O3/c1-14(2)24-21(28)25-19(26)13-22-18-7-5-4-6-17(18)20(27)23-12-16-10-8-15(3)9-11-16/h4-11,14,22H,12-13H2,1-3H3,(H,23,27)(H2,24,25,26,28). The van der Waals surface area contributed by atoms with E-state index in [0.717, 1.165) is 11.1 Å². The summed E-state index contributed by atoms with van der Waals surface area (Å²) < 4.78 is 0. The van der Waals surface area contributed by atoms with E-state index in [9.17, 15) is 14.4 Å². The largest absolute Gasteiger partial charge is 0.375 e. The highest BCUT2D eigenvalue weighted by atomic mass is 16.2. The molecule has 4 amide bonds. The lowest BCUT2D eigenvalue weighted by Gasteiger charge is -2.13. The van der Waals surface area contributed by atoms with Crippen molar-refractivity contribution in [3.8, 4) is 0 Å². The molecule has 148 valence electrons. The zero-order valence-corrected chi connectivity index (χ0v) is 16.3. The molecule has 2 aromatic carbocycles. The van der Waals surface area contributed by atoms with Crippen LogP contribution in [0.4, 0.5) is 10.5 Å². The topological polar surface area (TPSA) is 99.3 Å². The van der Waals surface area contributed by atoms with Gasteiger partial charge in [-0.1, -0.05) is 42.0 Å². The SMILES string of the molecule is Cc1ccc(CNC(=O)c2ccccc2NCC(=O)NC(=O)NC(C)C)cc1. The Morgan fingerprint density at radius 2 is 1.64 bits per heavy atom. The monoisotopic (exact) mass is 382 g/mol. The van der Waals surface area contributed by atoms with Crippen LogP contribution >= 0.6 is 0 Å². The van der Waals surface area contributed by atoms with Crippen LogP contribution in [0.15, 0.2) is 48.5 Å². The molecule has 0 radical (unpaired) electrons. The Hall–Kier alpha value is -3.35. The van der Waals surface area contributed by atoms with E-state index in [2.05, 4.69) is 21.3 Å². The first-order valence-corrected chi connectivity index (χ1v) is 9.12. The van der Waals surface area contributed by atoms with Gasteiger partial charge < -0.3 is 16.0 Å². The van der Waals surface area contributed by atoms with Crippen molar-refractivity contribution in [1.29, 1.82) is 0 Å². The quantitative estimate of drug-likeness (QED) is 0.591. The van der Waals surface area contributed by atoms with E-state index in [1.807, 2.05) is 31.2 Å². The number of amides is 4. The van der Waals surface area contributed by atoms with E-state index in [1.165, 1.54) is 0 Å². The van der Waals surface area contributed by atoms with Crippen molar-refractivity contribution in [2.45, 2.75) is 33.4 Å². The normalized spacial score (nSPS) is 10.3. The highest BCUT2D eigenvalue weighted by Crippen LogP contribution is 2.15. The molecule has 0 aromatic heterocycles. The Morgan fingerprint density at radius 3 is 2.32 bits per heavy atom. The number of rotatable bonds is 7. The second-order valence-electron chi connectivity index (χ2n) is 6.74. The van der Waals surface area contributed by atoms with Gasteiger partial charge in [0.15, 0.2) is 0 Å². The summed E-state index contributed by atoms with van der Waals surface area (Å²) in [5.41, 5.74) is 3.10. The molecule has 2 rings (SSSR count). The van der Waals surface area contributed by atoms with Crippen LogP contribution in [0.25, 0.3) is 0 Å². The Bertz CT molecular complexity index is 832. The number of anilines is 1. The number of carbonyl (C=O) groups is 3. The number of benzene rings is 2. The molecule has 4 N–H and O–H groups in total. The number of aryl methyl sites for hydroxylation is 1. The average Bonchev–Trinajstić information content (AvgIpc) is 2.65. The van der Waals surface area contributed by atoms with Crippen molar-refractivity contribution < 1.29 is 14.4 Å². The van der Waals surface area contributed by atoms with Crippen LogP contribution in [0.1, 0.15) is 35.3 Å². The van der Waals surface area contributed by atoms with Gasteiger partial charge in [-0.15, -0.1) is 0 Å². The van der Waals surface area contributed by atoms with Crippen molar-refractivity contribution >= 4 is 23.5 Å². The molecular formula is C21H26N4O3. The minimum absolute atomic E-state index is 0.0706. The van der Waals surface area contributed by atoms with Gasteiger partial charge >= 0.3 is 6.03 Å². The maximum Gasteiger partial charge on any atom is 0.321 e. The molecule has 0 unspecified atom stereocenters. The first-order valence-electron chi connectivity index (χ1n) is 9.12. The van der Waals surface area contributed by atoms with E-state index < -0.39 is 11.9 Å². The molecule has 0 aliphatic carbocycles. The summed E-state index contributed by atoms with van der Waals surface area (Å²) in [5.74, 6) is -0.741. The number of para-hydroxylation sites is 1. The molecule has 0 atom stereocenters. The van der Waals surface area contributed by atoms with Gasteiger partial charge in [0.05, 0.1) is 12.1 Å². The maximum absolute atomic E-state index is 12.5. The van der Waals surface area contributed by atoms with Crippen molar-refractivity contribution in [2.75, 3.05) is 11.9 Å². The lowest BCUT2D eigenvalue weighted by molar-refractivity contribution is -0.118. The number of hydrogen-bond donors (Lipinski definition) is 4. The maximum atomic E-state index is 12.5. The molecule has 2 aromatic rings. The second-order valence-corrected chi connectivity index (χ2v) is 6.74. The summed E-state index contributed by atoms with van der Waals surface area (Å²) in [4.78, 5) is 36.0. The lowest BCUT2D eigenvalue weighted by Crippen LogP contribution is -2.44. The van der Waals surface area contributed by atoms with Gasteiger partial charge in [-0.3, -0.25) is 14.9 Å². The van der Waals surface area contributed by atoms with Crippen LogP contribution in [-0.4, -0.2) is 30.4 Å². The Balaban J connectivity index is 1.92. The molecule has 0 heterocycles. The fourth-order valence-electron chi connectivity index (χ4n) is 2.46. The predicted molar refractivity (Wildman–Crippen MR) is 109 cm³/mol. The van der Waals surface area contributed by atoms with Gasteiger partial charge in [0.1, 0.15) is 0 Å². The molecule has 7 nitrogen and oxygen atoms in total. The first-order chi connectivity index (χ1) is 13.3.